The molecule has 0 spiro atoms. The van der Waals surface area contributed by atoms with E-state index in [1.807, 2.05) is 0 Å². The lowest BCUT2D eigenvalue weighted by molar-refractivity contribution is 0.190. The van der Waals surface area contributed by atoms with Crippen LogP contribution in [0.2, 0.25) is 18.1 Å². The second-order valence-electron chi connectivity index (χ2n) is 7.22. The van der Waals surface area contributed by atoms with E-state index in [1.54, 1.807) is 0 Å². The molecule has 0 aromatic heterocycles. The summed E-state index contributed by atoms with van der Waals surface area (Å²) in [7, 11) is -1.65. The van der Waals surface area contributed by atoms with Gasteiger partial charge in [-0.05, 0) is 37.4 Å². The lowest BCUT2D eigenvalue weighted by Crippen LogP contribution is -2.43. The van der Waals surface area contributed by atoms with Crippen LogP contribution in [0.1, 0.15) is 40.0 Å². The van der Waals surface area contributed by atoms with Gasteiger partial charge in [-0.25, -0.2) is 4.79 Å². The molecule has 1 saturated carbocycles. The molecule has 6 heteroatoms. The van der Waals surface area contributed by atoms with E-state index < -0.39 is 14.4 Å². The molecule has 0 aromatic carbocycles. The van der Waals surface area contributed by atoms with E-state index in [4.69, 9.17) is 9.53 Å². The van der Waals surface area contributed by atoms with Crippen molar-refractivity contribution < 1.29 is 14.3 Å². The highest BCUT2D eigenvalue weighted by Gasteiger charge is 2.36. The van der Waals surface area contributed by atoms with Crippen molar-refractivity contribution in [2.45, 2.75) is 70.2 Å². The van der Waals surface area contributed by atoms with E-state index in [1.165, 1.54) is 0 Å². The number of nitrogens with one attached hydrogen (secondary N) is 2. The van der Waals surface area contributed by atoms with Crippen molar-refractivity contribution in [1.82, 2.24) is 10.6 Å². The second-order valence-corrected chi connectivity index (χ2v) is 12.0. The molecule has 1 rings (SSSR count). The number of carboxylic acid groups (broad SMARTS) is 1. The minimum atomic E-state index is -1.65. The SMILES string of the molecule is CC(C)(C)[Si](C)(C)OCCN[C@@H]1CC[C@H](NC(=O)O)C1. The predicted molar refractivity (Wildman–Crippen MR) is 83.7 cm³/mol. The molecule has 0 saturated heterocycles. The normalized spacial score (nSPS) is 23.9. The molecule has 3 N–H and O–H groups in total. The van der Waals surface area contributed by atoms with E-state index in [9.17, 15) is 4.79 Å². The van der Waals surface area contributed by atoms with Gasteiger partial charge in [-0.15, -0.1) is 0 Å². The number of carbonyl (C=O) groups is 1. The first-order chi connectivity index (χ1) is 9.12. The maximum absolute atomic E-state index is 10.6. The summed E-state index contributed by atoms with van der Waals surface area (Å²) in [5.74, 6) is 0. The van der Waals surface area contributed by atoms with Crippen molar-refractivity contribution in [1.29, 1.82) is 0 Å². The van der Waals surface area contributed by atoms with Gasteiger partial charge in [0.15, 0.2) is 8.32 Å². The van der Waals surface area contributed by atoms with E-state index in [-0.39, 0.29) is 11.1 Å². The molecule has 20 heavy (non-hydrogen) atoms. The molecule has 0 aliphatic heterocycles. The minimum absolute atomic E-state index is 0.103. The van der Waals surface area contributed by atoms with Crippen molar-refractivity contribution in [3.8, 4) is 0 Å². The first-order valence-corrected chi connectivity index (χ1v) is 10.4. The summed E-state index contributed by atoms with van der Waals surface area (Å²) in [5.41, 5.74) is 0. The smallest absolute Gasteiger partial charge is 0.404 e. The fourth-order valence-corrected chi connectivity index (χ4v) is 3.30. The van der Waals surface area contributed by atoms with E-state index >= 15 is 0 Å². The van der Waals surface area contributed by atoms with Crippen LogP contribution in [0, 0.1) is 0 Å². The Balaban J connectivity index is 2.18. The molecular weight excluding hydrogens is 272 g/mol. The number of amides is 1. The molecule has 0 aromatic rings. The maximum Gasteiger partial charge on any atom is 0.404 e. The van der Waals surface area contributed by atoms with Crippen molar-refractivity contribution in [3.63, 3.8) is 0 Å². The zero-order valence-electron chi connectivity index (χ0n) is 13.5. The molecule has 118 valence electrons. The van der Waals surface area contributed by atoms with Crippen molar-refractivity contribution in [2.75, 3.05) is 13.2 Å². The standard InChI is InChI=1S/C14H30N2O3Si/c1-14(2,3)20(4,5)19-9-8-15-11-6-7-12(10-11)16-13(17)18/h11-12,15-16H,6-10H2,1-5H3,(H,17,18)/t11-,12+/m1/s1. The van der Waals surface area contributed by atoms with Gasteiger partial charge < -0.3 is 20.2 Å². The summed E-state index contributed by atoms with van der Waals surface area (Å²) in [5, 5.41) is 15.0. The maximum atomic E-state index is 10.6. The quantitative estimate of drug-likeness (QED) is 0.521. The van der Waals surface area contributed by atoms with E-state index in [2.05, 4.69) is 44.5 Å². The van der Waals surface area contributed by atoms with Crippen molar-refractivity contribution in [3.05, 3.63) is 0 Å². The van der Waals surface area contributed by atoms with Gasteiger partial charge in [0.05, 0.1) is 0 Å². The first kappa shape index (κ1) is 17.5. The number of hydrogen-bond donors (Lipinski definition) is 3. The highest BCUT2D eigenvalue weighted by Crippen LogP contribution is 2.36. The average Bonchev–Trinajstić information content (AvgIpc) is 2.69. The summed E-state index contributed by atoms with van der Waals surface area (Å²) < 4.78 is 6.11. The van der Waals surface area contributed by atoms with Gasteiger partial charge in [-0.2, -0.15) is 0 Å². The molecular formula is C14H30N2O3Si. The zero-order valence-corrected chi connectivity index (χ0v) is 14.5. The van der Waals surface area contributed by atoms with Gasteiger partial charge >= 0.3 is 6.09 Å². The topological polar surface area (TPSA) is 70.6 Å². The lowest BCUT2D eigenvalue weighted by Gasteiger charge is -2.36. The fraction of sp³-hybridized carbons (Fsp3) is 0.929. The Hall–Kier alpha value is -0.593. The minimum Gasteiger partial charge on any atom is -0.465 e. The first-order valence-electron chi connectivity index (χ1n) is 7.48. The third-order valence-electron chi connectivity index (χ3n) is 4.56. The molecule has 1 fully saturated rings. The molecule has 1 amide bonds. The Morgan fingerprint density at radius 2 is 1.90 bits per heavy atom. The average molecular weight is 302 g/mol. The van der Waals surface area contributed by atoms with Gasteiger partial charge in [0, 0.05) is 25.2 Å². The van der Waals surface area contributed by atoms with E-state index in [0.29, 0.717) is 6.04 Å². The molecule has 0 bridgehead atoms. The Morgan fingerprint density at radius 1 is 1.30 bits per heavy atom. The number of rotatable bonds is 6. The van der Waals surface area contributed by atoms with Crippen LogP contribution in [0.25, 0.3) is 0 Å². The highest BCUT2D eigenvalue weighted by molar-refractivity contribution is 6.74. The lowest BCUT2D eigenvalue weighted by atomic mass is 10.2. The predicted octanol–water partition coefficient (Wildman–Crippen LogP) is 2.79. The molecule has 5 nitrogen and oxygen atoms in total. The summed E-state index contributed by atoms with van der Waals surface area (Å²) >= 11 is 0. The molecule has 0 heterocycles. The molecule has 0 radical (unpaired) electrons. The Kier molecular flexibility index (Phi) is 6.03. The summed E-state index contributed by atoms with van der Waals surface area (Å²) in [6.07, 6.45) is 1.92. The van der Waals surface area contributed by atoms with E-state index in [0.717, 1.165) is 32.4 Å². The molecule has 1 aliphatic rings. The Bertz CT molecular complexity index is 329. The van der Waals surface area contributed by atoms with Crippen molar-refractivity contribution >= 4 is 14.4 Å². The zero-order chi connectivity index (χ0) is 15.4. The molecule has 1 aliphatic carbocycles. The Labute approximate surface area is 123 Å². The van der Waals surface area contributed by atoms with Gasteiger partial charge in [0.25, 0.3) is 0 Å². The third-order valence-corrected chi connectivity index (χ3v) is 9.10. The van der Waals surface area contributed by atoms with Crippen LogP contribution in [0.15, 0.2) is 0 Å². The van der Waals surface area contributed by atoms with Gasteiger partial charge in [0.1, 0.15) is 0 Å². The number of hydrogen-bond acceptors (Lipinski definition) is 3. The molecule has 2 atom stereocenters. The van der Waals surface area contributed by atoms with Gasteiger partial charge in [-0.3, -0.25) is 0 Å². The Morgan fingerprint density at radius 3 is 2.45 bits per heavy atom. The monoisotopic (exact) mass is 302 g/mol. The highest BCUT2D eigenvalue weighted by atomic mass is 28.4. The summed E-state index contributed by atoms with van der Waals surface area (Å²) in [6.45, 7) is 12.8. The van der Waals surface area contributed by atoms with Crippen LogP contribution in [-0.2, 0) is 4.43 Å². The third kappa shape index (κ3) is 5.42. The fourth-order valence-electron chi connectivity index (χ4n) is 2.26. The van der Waals surface area contributed by atoms with Crippen LogP contribution in [0.4, 0.5) is 4.79 Å². The second kappa shape index (κ2) is 6.91. The van der Waals surface area contributed by atoms with Crippen LogP contribution in [-0.4, -0.2) is 44.8 Å². The van der Waals surface area contributed by atoms with Crippen LogP contribution >= 0.6 is 0 Å². The summed E-state index contributed by atoms with van der Waals surface area (Å²) in [4.78, 5) is 10.6. The van der Waals surface area contributed by atoms with Crippen LogP contribution in [0.3, 0.4) is 0 Å². The van der Waals surface area contributed by atoms with Crippen LogP contribution < -0.4 is 10.6 Å². The molecule has 0 unspecified atom stereocenters. The summed E-state index contributed by atoms with van der Waals surface area (Å²) in [6, 6.07) is 0.515. The van der Waals surface area contributed by atoms with Gasteiger partial charge in [0.2, 0.25) is 0 Å². The largest absolute Gasteiger partial charge is 0.465 e. The van der Waals surface area contributed by atoms with Gasteiger partial charge in [-0.1, -0.05) is 20.8 Å². The van der Waals surface area contributed by atoms with Crippen LogP contribution in [0.5, 0.6) is 0 Å². The van der Waals surface area contributed by atoms with Crippen molar-refractivity contribution in [2.24, 2.45) is 0 Å².